The van der Waals surface area contributed by atoms with Crippen LogP contribution in [0.4, 0.5) is 0 Å². The molecule has 2 aromatic heterocycles. The van der Waals surface area contributed by atoms with E-state index in [4.69, 9.17) is 9.97 Å². The van der Waals surface area contributed by atoms with Gasteiger partial charge in [-0.2, -0.15) is 0 Å². The third kappa shape index (κ3) is 4.70. The Morgan fingerprint density at radius 3 is 1.95 bits per heavy atom. The second-order valence-electron chi connectivity index (χ2n) is 11.5. The van der Waals surface area contributed by atoms with Gasteiger partial charge in [-0.1, -0.05) is 91.8 Å². The van der Waals surface area contributed by atoms with Crippen molar-refractivity contribution >= 4 is 32.3 Å². The van der Waals surface area contributed by atoms with Crippen molar-refractivity contribution in [3.8, 4) is 21.8 Å². The van der Waals surface area contributed by atoms with Gasteiger partial charge in [0.05, 0.1) is 15.9 Å². The lowest BCUT2D eigenvalue weighted by Gasteiger charge is -2.21. The predicted octanol–water partition coefficient (Wildman–Crippen LogP) is 10.7. The van der Waals surface area contributed by atoms with E-state index in [1.54, 1.807) is 11.3 Å². The van der Waals surface area contributed by atoms with Crippen molar-refractivity contribution < 1.29 is 0 Å². The van der Waals surface area contributed by atoms with E-state index >= 15 is 0 Å². The largest absolute Gasteiger partial charge is 0.255 e. The van der Waals surface area contributed by atoms with E-state index in [9.17, 15) is 0 Å². The van der Waals surface area contributed by atoms with Crippen molar-refractivity contribution in [1.82, 2.24) is 9.97 Å². The molecule has 3 aromatic carbocycles. The SMILES string of the molecule is CC(C)c1cc(C(C)C)c(-c2nc3ccnc(-c4cc(C(C)C)c5ccccc5c4)c3s2)c(C(C)C)c1. The predicted molar refractivity (Wildman–Crippen MR) is 162 cm³/mol. The van der Waals surface area contributed by atoms with E-state index in [0.717, 1.165) is 16.2 Å². The fourth-order valence-electron chi connectivity index (χ4n) is 5.33. The molecule has 5 aromatic rings. The summed E-state index contributed by atoms with van der Waals surface area (Å²) in [4.78, 5) is 10.1. The summed E-state index contributed by atoms with van der Waals surface area (Å²) in [5, 5.41) is 3.70. The van der Waals surface area contributed by atoms with Crippen LogP contribution in [0.3, 0.4) is 0 Å². The number of nitrogens with zero attached hydrogens (tertiary/aromatic N) is 2. The monoisotopic (exact) mass is 506 g/mol. The van der Waals surface area contributed by atoms with Gasteiger partial charge in [-0.25, -0.2) is 4.98 Å². The van der Waals surface area contributed by atoms with E-state index < -0.39 is 0 Å². The van der Waals surface area contributed by atoms with Gasteiger partial charge in [-0.3, -0.25) is 4.98 Å². The Kier molecular flexibility index (Phi) is 6.93. The molecule has 2 nitrogen and oxygen atoms in total. The number of pyridine rings is 1. The number of hydrogen-bond donors (Lipinski definition) is 0. The molecule has 190 valence electrons. The highest BCUT2D eigenvalue weighted by Crippen LogP contribution is 2.43. The Morgan fingerprint density at radius 2 is 1.32 bits per heavy atom. The highest BCUT2D eigenvalue weighted by molar-refractivity contribution is 7.22. The van der Waals surface area contributed by atoms with Crippen LogP contribution in [0.5, 0.6) is 0 Å². The Hall–Kier alpha value is -3.04. The average molecular weight is 507 g/mol. The van der Waals surface area contributed by atoms with E-state index in [-0.39, 0.29) is 0 Å². The molecule has 0 atom stereocenters. The fraction of sp³-hybridized carbons (Fsp3) is 0.353. The van der Waals surface area contributed by atoms with Crippen LogP contribution in [-0.2, 0) is 0 Å². The zero-order valence-corrected chi connectivity index (χ0v) is 24.2. The Balaban J connectivity index is 1.76. The lowest BCUT2D eigenvalue weighted by molar-refractivity contribution is 0.807. The van der Waals surface area contributed by atoms with Gasteiger partial charge in [0.25, 0.3) is 0 Å². The average Bonchev–Trinajstić information content (AvgIpc) is 3.31. The molecule has 0 spiro atoms. The van der Waals surface area contributed by atoms with Gasteiger partial charge in [0.1, 0.15) is 5.01 Å². The summed E-state index contributed by atoms with van der Waals surface area (Å²) < 4.78 is 1.17. The van der Waals surface area contributed by atoms with Crippen LogP contribution in [0, 0.1) is 0 Å². The summed E-state index contributed by atoms with van der Waals surface area (Å²) in [6.07, 6.45) is 1.92. The minimum absolute atomic E-state index is 0.421. The molecule has 0 bridgehead atoms. The van der Waals surface area contributed by atoms with Crippen molar-refractivity contribution in [3.63, 3.8) is 0 Å². The zero-order chi connectivity index (χ0) is 26.4. The van der Waals surface area contributed by atoms with E-state index in [2.05, 4.69) is 110 Å². The maximum Gasteiger partial charge on any atom is 0.125 e. The first-order valence-corrected chi connectivity index (χ1v) is 14.4. The first kappa shape index (κ1) is 25.6. The standard InChI is InChI=1S/C34H38N2S/c1-19(2)24-16-28(21(5)6)31(29(17-24)22(7)8)34-36-30-13-14-35-32(33(30)37-34)25-15-23-11-9-10-12-26(23)27(18-25)20(3)4/h9-22H,1-8H3. The summed E-state index contributed by atoms with van der Waals surface area (Å²) in [6.45, 7) is 18.3. The lowest BCUT2D eigenvalue weighted by Crippen LogP contribution is -2.03. The van der Waals surface area contributed by atoms with Crippen LogP contribution in [-0.4, -0.2) is 9.97 Å². The molecule has 0 aliphatic heterocycles. The summed E-state index contributed by atoms with van der Waals surface area (Å²) >= 11 is 1.80. The Morgan fingerprint density at radius 1 is 0.676 bits per heavy atom. The summed E-state index contributed by atoms with van der Waals surface area (Å²) in [5.41, 5.74) is 10.1. The first-order valence-electron chi connectivity index (χ1n) is 13.6. The molecule has 0 aliphatic carbocycles. The molecule has 0 radical (unpaired) electrons. The van der Waals surface area contributed by atoms with Gasteiger partial charge in [-0.05, 0) is 74.9 Å². The van der Waals surface area contributed by atoms with Gasteiger partial charge in [0.15, 0.2) is 0 Å². The van der Waals surface area contributed by atoms with E-state index in [1.165, 1.54) is 48.9 Å². The lowest BCUT2D eigenvalue weighted by atomic mass is 9.84. The molecule has 5 rings (SSSR count). The first-order chi connectivity index (χ1) is 17.7. The van der Waals surface area contributed by atoms with Crippen LogP contribution >= 0.6 is 11.3 Å². The number of fused-ring (bicyclic) bond motifs is 2. The van der Waals surface area contributed by atoms with Gasteiger partial charge in [0, 0.05) is 17.3 Å². The van der Waals surface area contributed by atoms with Gasteiger partial charge in [0.2, 0.25) is 0 Å². The van der Waals surface area contributed by atoms with Crippen molar-refractivity contribution in [2.75, 3.05) is 0 Å². The quantitative estimate of drug-likeness (QED) is 0.229. The van der Waals surface area contributed by atoms with Crippen molar-refractivity contribution in [3.05, 3.63) is 83.0 Å². The molecule has 37 heavy (non-hydrogen) atoms. The van der Waals surface area contributed by atoms with Crippen LogP contribution in [0.2, 0.25) is 0 Å². The molecule has 0 unspecified atom stereocenters. The van der Waals surface area contributed by atoms with Gasteiger partial charge in [-0.15, -0.1) is 11.3 Å². The van der Waals surface area contributed by atoms with Crippen LogP contribution in [0.15, 0.2) is 60.8 Å². The fourth-order valence-corrected chi connectivity index (χ4v) is 6.49. The summed E-state index contributed by atoms with van der Waals surface area (Å²) in [7, 11) is 0. The van der Waals surface area contributed by atoms with Gasteiger partial charge >= 0.3 is 0 Å². The molecule has 0 saturated carbocycles. The normalized spacial score (nSPS) is 12.2. The van der Waals surface area contributed by atoms with Crippen LogP contribution < -0.4 is 0 Å². The smallest absolute Gasteiger partial charge is 0.125 e. The highest BCUT2D eigenvalue weighted by Gasteiger charge is 2.22. The molecule has 3 heteroatoms. The van der Waals surface area contributed by atoms with E-state index in [1.807, 2.05) is 6.20 Å². The highest BCUT2D eigenvalue weighted by atomic mass is 32.1. The third-order valence-electron chi connectivity index (χ3n) is 7.44. The minimum Gasteiger partial charge on any atom is -0.255 e. The Bertz CT molecular complexity index is 1560. The molecule has 0 N–H and O–H groups in total. The molecular formula is C34H38N2S. The molecule has 2 heterocycles. The Labute approximate surface area is 225 Å². The zero-order valence-electron chi connectivity index (χ0n) is 23.4. The number of aromatic nitrogens is 2. The molecule has 0 aliphatic rings. The van der Waals surface area contributed by atoms with Crippen molar-refractivity contribution in [1.29, 1.82) is 0 Å². The number of hydrogen-bond acceptors (Lipinski definition) is 3. The van der Waals surface area contributed by atoms with Crippen LogP contribution in [0.25, 0.3) is 42.8 Å². The summed E-state index contributed by atoms with van der Waals surface area (Å²) in [5.74, 6) is 1.77. The molecule has 0 amide bonds. The maximum atomic E-state index is 5.23. The second kappa shape index (κ2) is 10.0. The van der Waals surface area contributed by atoms with Crippen LogP contribution in [0.1, 0.15) is 101 Å². The maximum absolute atomic E-state index is 5.23. The van der Waals surface area contributed by atoms with Crippen molar-refractivity contribution in [2.45, 2.75) is 79.1 Å². The summed E-state index contributed by atoms with van der Waals surface area (Å²) in [6, 6.07) is 20.2. The number of thiazole rings is 1. The number of rotatable bonds is 6. The van der Waals surface area contributed by atoms with E-state index in [0.29, 0.717) is 23.7 Å². The molecular weight excluding hydrogens is 468 g/mol. The number of benzene rings is 3. The second-order valence-corrected chi connectivity index (χ2v) is 12.5. The molecule has 0 fully saturated rings. The topological polar surface area (TPSA) is 25.8 Å². The van der Waals surface area contributed by atoms with Crippen molar-refractivity contribution in [2.24, 2.45) is 0 Å². The minimum atomic E-state index is 0.421. The van der Waals surface area contributed by atoms with Gasteiger partial charge < -0.3 is 0 Å². The molecule has 0 saturated heterocycles. The third-order valence-corrected chi connectivity index (χ3v) is 8.54.